The minimum Gasteiger partial charge on any atom is -0.495 e. The number of carbonyl (C=O) groups is 1. The van der Waals surface area contributed by atoms with E-state index in [4.69, 9.17) is 9.47 Å². The highest BCUT2D eigenvalue weighted by molar-refractivity contribution is 9.10. The zero-order valence-corrected chi connectivity index (χ0v) is 9.63. The maximum absolute atomic E-state index is 10.4. The van der Waals surface area contributed by atoms with Gasteiger partial charge in [0.15, 0.2) is 0 Å². The predicted octanol–water partition coefficient (Wildman–Crippen LogP) is 2.21. The van der Waals surface area contributed by atoms with Gasteiger partial charge in [-0.1, -0.05) is 6.07 Å². The summed E-state index contributed by atoms with van der Waals surface area (Å²) in [6.07, 6.45) is 1.18. The Morgan fingerprint density at radius 1 is 1.36 bits per heavy atom. The maximum atomic E-state index is 10.4. The number of benzene rings is 1. The molecule has 1 aromatic carbocycles. The summed E-state index contributed by atoms with van der Waals surface area (Å²) in [5, 5.41) is 0. The number of rotatable bonds is 4. The van der Waals surface area contributed by atoms with Crippen molar-refractivity contribution in [2.24, 2.45) is 0 Å². The number of carbonyl (C=O) groups excluding carboxylic acids is 1. The van der Waals surface area contributed by atoms with Gasteiger partial charge in [-0.05, 0) is 22.0 Å². The number of methoxy groups -OCH3 is 2. The van der Waals surface area contributed by atoms with Gasteiger partial charge in [-0.25, -0.2) is 0 Å². The Morgan fingerprint density at radius 2 is 2.07 bits per heavy atom. The van der Waals surface area contributed by atoms with Crippen LogP contribution in [0.1, 0.15) is 5.56 Å². The molecule has 0 bridgehead atoms. The van der Waals surface area contributed by atoms with Crippen molar-refractivity contribution < 1.29 is 14.3 Å². The fraction of sp³-hybridized carbons (Fsp3) is 0.300. The van der Waals surface area contributed by atoms with Crippen LogP contribution in [0.25, 0.3) is 0 Å². The first kappa shape index (κ1) is 11.0. The second kappa shape index (κ2) is 5.00. The Hall–Kier alpha value is -1.03. The molecule has 0 saturated heterocycles. The van der Waals surface area contributed by atoms with Crippen LogP contribution < -0.4 is 9.47 Å². The van der Waals surface area contributed by atoms with E-state index < -0.39 is 0 Å². The summed E-state index contributed by atoms with van der Waals surface area (Å²) in [7, 11) is 3.15. The standard InChI is InChI=1S/C10H11BrO3/c1-13-8-4-3-7(5-6-12)10(14-2)9(8)11/h3-4,6H,5H2,1-2H3. The minimum absolute atomic E-state index is 0.339. The van der Waals surface area contributed by atoms with E-state index in [-0.39, 0.29) is 0 Å². The minimum atomic E-state index is 0.339. The third kappa shape index (κ3) is 2.07. The van der Waals surface area contributed by atoms with Crippen molar-refractivity contribution in [3.8, 4) is 11.5 Å². The zero-order chi connectivity index (χ0) is 10.6. The molecule has 0 saturated carbocycles. The van der Waals surface area contributed by atoms with Gasteiger partial charge in [0.1, 0.15) is 22.3 Å². The highest BCUT2D eigenvalue weighted by atomic mass is 79.9. The lowest BCUT2D eigenvalue weighted by Crippen LogP contribution is -1.96. The molecule has 0 aliphatic heterocycles. The maximum Gasteiger partial charge on any atom is 0.140 e. The smallest absolute Gasteiger partial charge is 0.140 e. The van der Waals surface area contributed by atoms with Crippen molar-refractivity contribution in [2.75, 3.05) is 14.2 Å². The molecule has 0 radical (unpaired) electrons. The lowest BCUT2D eigenvalue weighted by molar-refractivity contribution is -0.107. The van der Waals surface area contributed by atoms with Crippen molar-refractivity contribution in [3.05, 3.63) is 22.2 Å². The van der Waals surface area contributed by atoms with E-state index in [1.807, 2.05) is 6.07 Å². The molecular weight excluding hydrogens is 248 g/mol. The highest BCUT2D eigenvalue weighted by Gasteiger charge is 2.11. The summed E-state index contributed by atoms with van der Waals surface area (Å²) < 4.78 is 11.0. The Kier molecular flexibility index (Phi) is 3.95. The second-order valence-corrected chi connectivity index (χ2v) is 3.44. The third-order valence-electron chi connectivity index (χ3n) is 1.87. The van der Waals surface area contributed by atoms with Gasteiger partial charge in [-0.2, -0.15) is 0 Å². The van der Waals surface area contributed by atoms with Gasteiger partial charge >= 0.3 is 0 Å². The summed E-state index contributed by atoms with van der Waals surface area (Å²) in [4.78, 5) is 10.4. The van der Waals surface area contributed by atoms with Crippen LogP contribution in [-0.2, 0) is 11.2 Å². The Morgan fingerprint density at radius 3 is 2.57 bits per heavy atom. The quantitative estimate of drug-likeness (QED) is 0.777. The van der Waals surface area contributed by atoms with Crippen LogP contribution >= 0.6 is 15.9 Å². The Labute approximate surface area is 91.1 Å². The fourth-order valence-corrected chi connectivity index (χ4v) is 1.92. The first-order chi connectivity index (χ1) is 6.74. The molecule has 0 fully saturated rings. The molecule has 0 spiro atoms. The van der Waals surface area contributed by atoms with Crippen LogP contribution in [0.5, 0.6) is 11.5 Å². The van der Waals surface area contributed by atoms with E-state index in [0.717, 1.165) is 16.3 Å². The van der Waals surface area contributed by atoms with Crippen molar-refractivity contribution >= 4 is 22.2 Å². The van der Waals surface area contributed by atoms with Crippen molar-refractivity contribution in [1.82, 2.24) is 0 Å². The molecule has 0 heterocycles. The molecule has 3 nitrogen and oxygen atoms in total. The molecule has 0 amide bonds. The summed E-state index contributed by atoms with van der Waals surface area (Å²) in [6.45, 7) is 0. The van der Waals surface area contributed by atoms with Crippen LogP contribution in [0.15, 0.2) is 16.6 Å². The first-order valence-corrected chi connectivity index (χ1v) is 4.86. The number of ether oxygens (including phenoxy) is 2. The van der Waals surface area contributed by atoms with Crippen molar-refractivity contribution in [3.63, 3.8) is 0 Å². The molecule has 0 aliphatic carbocycles. The summed E-state index contributed by atoms with van der Waals surface area (Å²) in [6, 6.07) is 3.61. The SMILES string of the molecule is COc1ccc(CC=O)c(OC)c1Br. The molecule has 4 heteroatoms. The largest absolute Gasteiger partial charge is 0.495 e. The molecule has 0 N–H and O–H groups in total. The monoisotopic (exact) mass is 258 g/mol. The van der Waals surface area contributed by atoms with E-state index in [9.17, 15) is 4.79 Å². The van der Waals surface area contributed by atoms with Crippen LogP contribution in [-0.4, -0.2) is 20.5 Å². The van der Waals surface area contributed by atoms with Gasteiger partial charge in [0.2, 0.25) is 0 Å². The highest BCUT2D eigenvalue weighted by Crippen LogP contribution is 2.36. The molecule has 14 heavy (non-hydrogen) atoms. The van der Waals surface area contributed by atoms with Crippen LogP contribution in [0.3, 0.4) is 0 Å². The third-order valence-corrected chi connectivity index (χ3v) is 2.62. The molecule has 0 aliphatic rings. The zero-order valence-electron chi connectivity index (χ0n) is 8.04. The lowest BCUT2D eigenvalue weighted by Gasteiger charge is -2.11. The van der Waals surface area contributed by atoms with E-state index >= 15 is 0 Å². The van der Waals surface area contributed by atoms with Crippen molar-refractivity contribution in [2.45, 2.75) is 6.42 Å². The second-order valence-electron chi connectivity index (χ2n) is 2.64. The van der Waals surface area contributed by atoms with Crippen LogP contribution in [0.2, 0.25) is 0 Å². The van der Waals surface area contributed by atoms with Gasteiger partial charge in [-0.15, -0.1) is 0 Å². The van der Waals surface area contributed by atoms with Gasteiger partial charge in [0.05, 0.1) is 14.2 Å². The Balaban J connectivity index is 3.20. The van der Waals surface area contributed by atoms with E-state index in [2.05, 4.69) is 15.9 Å². The first-order valence-electron chi connectivity index (χ1n) is 4.07. The molecule has 1 aromatic rings. The average Bonchev–Trinajstić information content (AvgIpc) is 2.19. The number of aldehydes is 1. The average molecular weight is 259 g/mol. The number of hydrogen-bond acceptors (Lipinski definition) is 3. The Bertz CT molecular complexity index is 336. The number of halogens is 1. The van der Waals surface area contributed by atoms with E-state index in [1.165, 1.54) is 0 Å². The van der Waals surface area contributed by atoms with Crippen LogP contribution in [0, 0.1) is 0 Å². The van der Waals surface area contributed by atoms with E-state index in [1.54, 1.807) is 20.3 Å². The normalized spacial score (nSPS) is 9.64. The lowest BCUT2D eigenvalue weighted by atomic mass is 10.1. The molecule has 0 atom stereocenters. The molecular formula is C10H11BrO3. The topological polar surface area (TPSA) is 35.5 Å². The fourth-order valence-electron chi connectivity index (χ4n) is 1.21. The van der Waals surface area contributed by atoms with Crippen LogP contribution in [0.4, 0.5) is 0 Å². The molecule has 0 unspecified atom stereocenters. The molecule has 0 aromatic heterocycles. The van der Waals surface area contributed by atoms with Gasteiger partial charge in [-0.3, -0.25) is 0 Å². The summed E-state index contributed by atoms with van der Waals surface area (Å²) in [5.41, 5.74) is 0.843. The molecule has 76 valence electrons. The molecule has 1 rings (SSSR count). The predicted molar refractivity (Wildman–Crippen MR) is 57.0 cm³/mol. The number of hydrogen-bond donors (Lipinski definition) is 0. The van der Waals surface area contributed by atoms with E-state index in [0.29, 0.717) is 17.9 Å². The summed E-state index contributed by atoms with van der Waals surface area (Å²) >= 11 is 3.36. The van der Waals surface area contributed by atoms with Gasteiger partial charge in [0, 0.05) is 12.0 Å². The van der Waals surface area contributed by atoms with Gasteiger partial charge in [0.25, 0.3) is 0 Å². The summed E-state index contributed by atoms with van der Waals surface area (Å²) in [5.74, 6) is 1.34. The van der Waals surface area contributed by atoms with Crippen molar-refractivity contribution in [1.29, 1.82) is 0 Å². The van der Waals surface area contributed by atoms with Gasteiger partial charge < -0.3 is 14.3 Å².